The van der Waals surface area contributed by atoms with Crippen molar-refractivity contribution in [2.45, 2.75) is 65.1 Å². The monoisotopic (exact) mass is 289 g/mol. The molecule has 0 bridgehead atoms. The maximum absolute atomic E-state index is 12.9. The van der Waals surface area contributed by atoms with Crippen molar-refractivity contribution >= 4 is 13.9 Å². The van der Waals surface area contributed by atoms with Crippen LogP contribution in [0.4, 0.5) is 0 Å². The summed E-state index contributed by atoms with van der Waals surface area (Å²) >= 11 is 0. The van der Waals surface area contributed by atoms with Crippen LogP contribution in [0.25, 0.3) is 0 Å². The van der Waals surface area contributed by atoms with Gasteiger partial charge in [0, 0.05) is 12.8 Å². The summed E-state index contributed by atoms with van der Waals surface area (Å²) in [5.41, 5.74) is 3.59. The van der Waals surface area contributed by atoms with Gasteiger partial charge in [-0.1, -0.05) is 37.8 Å². The Morgan fingerprint density at radius 3 is 2.75 bits per heavy atom. The van der Waals surface area contributed by atoms with E-state index in [1.165, 1.54) is 12.0 Å². The van der Waals surface area contributed by atoms with Crippen LogP contribution in [0, 0.1) is 28.6 Å². The zero-order valence-electron chi connectivity index (χ0n) is 13.3. The average Bonchev–Trinajstić information content (AvgIpc) is 2.64. The minimum absolute atomic E-state index is 0.261. The average molecular weight is 289 g/mol. The van der Waals surface area contributed by atoms with Gasteiger partial charge in [0.15, 0.2) is 0 Å². The number of ketones is 1. The summed E-state index contributed by atoms with van der Waals surface area (Å²) in [6.07, 6.45) is 5.39. The van der Waals surface area contributed by atoms with Crippen molar-refractivity contribution in [3.8, 4) is 6.07 Å². The Bertz CT molecular complexity index is 468. The van der Waals surface area contributed by atoms with Crippen LogP contribution in [0.5, 0.6) is 0 Å². The highest BCUT2D eigenvalue weighted by Gasteiger charge is 2.54. The second-order valence-electron chi connectivity index (χ2n) is 7.87. The Hall–Kier alpha value is -0.883. The highest BCUT2D eigenvalue weighted by atomic mass is 28.3. The third kappa shape index (κ3) is 2.76. The van der Waals surface area contributed by atoms with Gasteiger partial charge >= 0.3 is 0 Å². The van der Waals surface area contributed by atoms with E-state index in [2.05, 4.69) is 38.3 Å². The van der Waals surface area contributed by atoms with Crippen molar-refractivity contribution in [1.82, 2.24) is 0 Å². The van der Waals surface area contributed by atoms with Crippen LogP contribution in [0.2, 0.25) is 19.6 Å². The largest absolute Gasteiger partial charge is 0.299 e. The molecule has 0 amide bonds. The summed E-state index contributed by atoms with van der Waals surface area (Å²) in [6.45, 7) is 9.20. The zero-order chi connectivity index (χ0) is 15.0. The highest BCUT2D eigenvalue weighted by molar-refractivity contribution is 6.81. The molecule has 0 aliphatic heterocycles. The second-order valence-corrected chi connectivity index (χ2v) is 12.9. The molecule has 0 aromatic heterocycles. The van der Waals surface area contributed by atoms with Gasteiger partial charge in [-0.25, -0.2) is 0 Å². The molecule has 110 valence electrons. The van der Waals surface area contributed by atoms with Gasteiger partial charge in [-0.15, -0.1) is 0 Å². The second kappa shape index (κ2) is 5.48. The predicted octanol–water partition coefficient (Wildman–Crippen LogP) is 4.49. The number of allylic oxidation sites excluding steroid dienone is 1. The van der Waals surface area contributed by atoms with Crippen LogP contribution >= 0.6 is 0 Å². The maximum Gasteiger partial charge on any atom is 0.143 e. The first-order valence-electron chi connectivity index (χ1n) is 7.92. The number of carbonyl (C=O) groups is 1. The van der Waals surface area contributed by atoms with E-state index in [-0.39, 0.29) is 5.41 Å². The van der Waals surface area contributed by atoms with Gasteiger partial charge in [0.1, 0.15) is 5.78 Å². The van der Waals surface area contributed by atoms with E-state index in [0.29, 0.717) is 30.5 Å². The molecule has 2 nitrogen and oxygen atoms in total. The molecule has 0 aromatic carbocycles. The lowest BCUT2D eigenvalue weighted by atomic mass is 9.61. The fraction of sp³-hybridized carbons (Fsp3) is 0.765. The molecule has 0 saturated heterocycles. The third-order valence-electron chi connectivity index (χ3n) is 4.99. The van der Waals surface area contributed by atoms with Gasteiger partial charge in [-0.3, -0.25) is 4.79 Å². The minimum atomic E-state index is -1.33. The van der Waals surface area contributed by atoms with E-state index in [0.717, 1.165) is 19.3 Å². The number of carbonyl (C=O) groups excluding carboxylic acids is 1. The molecule has 0 aromatic rings. The first kappa shape index (κ1) is 15.5. The van der Waals surface area contributed by atoms with Crippen LogP contribution in [-0.2, 0) is 4.79 Å². The zero-order valence-corrected chi connectivity index (χ0v) is 14.3. The van der Waals surface area contributed by atoms with Gasteiger partial charge in [-0.05, 0) is 37.5 Å². The molecule has 0 N–H and O–H groups in total. The molecule has 2 saturated carbocycles. The van der Waals surface area contributed by atoms with E-state index in [1.54, 1.807) is 0 Å². The summed E-state index contributed by atoms with van der Waals surface area (Å²) < 4.78 is 0. The molecule has 0 spiro atoms. The van der Waals surface area contributed by atoms with Gasteiger partial charge < -0.3 is 0 Å². The fourth-order valence-electron chi connectivity index (χ4n) is 4.34. The van der Waals surface area contributed by atoms with Crippen molar-refractivity contribution in [3.63, 3.8) is 0 Å². The van der Waals surface area contributed by atoms with Gasteiger partial charge in [-0.2, -0.15) is 5.26 Å². The van der Waals surface area contributed by atoms with Crippen LogP contribution in [0.3, 0.4) is 0 Å². The van der Waals surface area contributed by atoms with Gasteiger partial charge in [0.05, 0.1) is 19.6 Å². The van der Waals surface area contributed by atoms with E-state index in [9.17, 15) is 4.79 Å². The smallest absolute Gasteiger partial charge is 0.143 e. The van der Waals surface area contributed by atoms with Crippen molar-refractivity contribution in [3.05, 3.63) is 11.3 Å². The molecule has 2 aliphatic carbocycles. The third-order valence-corrected chi connectivity index (χ3v) is 6.20. The summed E-state index contributed by atoms with van der Waals surface area (Å²) in [4.78, 5) is 12.9. The Morgan fingerprint density at radius 2 is 2.15 bits per heavy atom. The van der Waals surface area contributed by atoms with E-state index >= 15 is 0 Å². The van der Waals surface area contributed by atoms with E-state index in [1.807, 2.05) is 0 Å². The minimum Gasteiger partial charge on any atom is -0.299 e. The van der Waals surface area contributed by atoms with Gasteiger partial charge in [0.2, 0.25) is 0 Å². The summed E-state index contributed by atoms with van der Waals surface area (Å²) in [7, 11) is -1.33. The standard InChI is InChI=1S/C17H27NOSi/c1-13-10-14-6-7-15(12-20(2,3)4)17(14,8-5-9-18)16(19)11-13/h12-14H,5-8,10-11H2,1-4H3/b15-12-/t13-,14-,17+/m1/s1. The SMILES string of the molecule is C[C@H]1CC(=O)[C@]2(CCC#N)/C(=C\[Si](C)(C)C)CC[C@@H]2C1. The van der Waals surface area contributed by atoms with E-state index in [4.69, 9.17) is 5.26 Å². The van der Waals surface area contributed by atoms with Crippen molar-refractivity contribution in [1.29, 1.82) is 5.26 Å². The Morgan fingerprint density at radius 1 is 1.45 bits per heavy atom. The van der Waals surface area contributed by atoms with Crippen LogP contribution in [-0.4, -0.2) is 13.9 Å². The molecular formula is C17H27NOSi. The number of rotatable bonds is 3. The molecule has 2 aliphatic rings. The Kier molecular flexibility index (Phi) is 4.25. The lowest BCUT2D eigenvalue weighted by Crippen LogP contribution is -2.42. The van der Waals surface area contributed by atoms with Crippen molar-refractivity contribution < 1.29 is 4.79 Å². The Labute approximate surface area is 124 Å². The number of hydrogen-bond donors (Lipinski definition) is 0. The van der Waals surface area contributed by atoms with Crippen LogP contribution < -0.4 is 0 Å². The van der Waals surface area contributed by atoms with Crippen molar-refractivity contribution in [2.24, 2.45) is 17.3 Å². The summed E-state index contributed by atoms with van der Waals surface area (Å²) in [6, 6.07) is 2.27. The fourth-order valence-corrected chi connectivity index (χ4v) is 5.78. The number of nitrogens with zero attached hydrogens (tertiary/aromatic N) is 1. The Balaban J connectivity index is 2.43. The van der Waals surface area contributed by atoms with Gasteiger partial charge in [0.25, 0.3) is 0 Å². The number of Topliss-reactive ketones (excluding diaryl/α,β-unsaturated/α-hetero) is 1. The van der Waals surface area contributed by atoms with Crippen molar-refractivity contribution in [2.75, 3.05) is 0 Å². The quantitative estimate of drug-likeness (QED) is 0.718. The molecule has 0 radical (unpaired) electrons. The summed E-state index contributed by atoms with van der Waals surface area (Å²) in [5, 5.41) is 9.00. The lowest BCUT2D eigenvalue weighted by Gasteiger charge is -2.42. The molecular weight excluding hydrogens is 262 g/mol. The molecule has 2 rings (SSSR count). The maximum atomic E-state index is 12.9. The number of nitriles is 1. The highest BCUT2D eigenvalue weighted by Crippen LogP contribution is 2.57. The molecule has 2 fully saturated rings. The number of fused-ring (bicyclic) bond motifs is 1. The summed E-state index contributed by atoms with van der Waals surface area (Å²) in [5.74, 6) is 1.45. The molecule has 20 heavy (non-hydrogen) atoms. The first-order valence-corrected chi connectivity index (χ1v) is 11.5. The molecule has 3 heteroatoms. The molecule has 3 atom stereocenters. The predicted molar refractivity (Wildman–Crippen MR) is 84.8 cm³/mol. The van der Waals surface area contributed by atoms with Crippen LogP contribution in [0.1, 0.15) is 45.4 Å². The van der Waals surface area contributed by atoms with E-state index < -0.39 is 8.07 Å². The topological polar surface area (TPSA) is 40.9 Å². The molecule has 0 unspecified atom stereocenters. The first-order chi connectivity index (χ1) is 9.29. The number of hydrogen-bond acceptors (Lipinski definition) is 2. The van der Waals surface area contributed by atoms with Crippen LogP contribution in [0.15, 0.2) is 11.3 Å². The normalized spacial score (nSPS) is 36.0. The molecule has 0 heterocycles. The lowest BCUT2D eigenvalue weighted by molar-refractivity contribution is -0.133.